The van der Waals surface area contributed by atoms with E-state index in [9.17, 15) is 5.11 Å². The molecule has 1 aliphatic carbocycles. The van der Waals surface area contributed by atoms with Crippen LogP contribution in [0.15, 0.2) is 9.85 Å². The van der Waals surface area contributed by atoms with Crippen LogP contribution >= 0.6 is 27.3 Å². The Balaban J connectivity index is 1.76. The molecule has 0 saturated heterocycles. The first-order valence-corrected chi connectivity index (χ1v) is 7.04. The van der Waals surface area contributed by atoms with Crippen LogP contribution in [0.3, 0.4) is 0 Å². The lowest BCUT2D eigenvalue weighted by Crippen LogP contribution is -2.39. The first-order valence-electron chi connectivity index (χ1n) is 5.43. The molecular formula is C11H14BrNOS. The minimum Gasteiger partial charge on any atom is -0.378 e. The van der Waals surface area contributed by atoms with E-state index in [0.29, 0.717) is 5.92 Å². The first kappa shape index (κ1) is 10.3. The molecule has 82 valence electrons. The monoisotopic (exact) mass is 287 g/mol. The fourth-order valence-electron chi connectivity index (χ4n) is 2.24. The Bertz CT molecular complexity index is 375. The van der Waals surface area contributed by atoms with Crippen molar-refractivity contribution in [3.63, 3.8) is 0 Å². The van der Waals surface area contributed by atoms with Gasteiger partial charge in [-0.3, -0.25) is 4.90 Å². The molecule has 1 aliphatic heterocycles. The SMILES string of the molecule is OC(C1CC1)N1CCc2sc(Br)cc2C1. The molecule has 1 saturated carbocycles. The lowest BCUT2D eigenvalue weighted by molar-refractivity contribution is -0.0213. The quantitative estimate of drug-likeness (QED) is 0.904. The third-order valence-electron chi connectivity index (χ3n) is 3.28. The molecule has 3 rings (SSSR count). The molecule has 15 heavy (non-hydrogen) atoms. The maximum Gasteiger partial charge on any atom is 0.110 e. The fourth-order valence-corrected chi connectivity index (χ4v) is 3.98. The van der Waals surface area contributed by atoms with Gasteiger partial charge in [0.25, 0.3) is 0 Å². The maximum atomic E-state index is 10.1. The molecule has 1 unspecified atom stereocenters. The highest BCUT2D eigenvalue weighted by Crippen LogP contribution is 2.37. The van der Waals surface area contributed by atoms with Gasteiger partial charge in [0.15, 0.2) is 0 Å². The zero-order chi connectivity index (χ0) is 10.4. The van der Waals surface area contributed by atoms with Crippen LogP contribution < -0.4 is 0 Å². The molecule has 0 spiro atoms. The van der Waals surface area contributed by atoms with E-state index in [1.54, 1.807) is 0 Å². The van der Waals surface area contributed by atoms with Crippen molar-refractivity contribution in [3.8, 4) is 0 Å². The van der Waals surface area contributed by atoms with Crippen LogP contribution in [0.1, 0.15) is 23.3 Å². The van der Waals surface area contributed by atoms with Gasteiger partial charge in [0, 0.05) is 18.0 Å². The molecule has 0 bridgehead atoms. The summed E-state index contributed by atoms with van der Waals surface area (Å²) in [6.07, 6.45) is 3.31. The molecule has 2 heterocycles. The van der Waals surface area contributed by atoms with Crippen molar-refractivity contribution < 1.29 is 5.11 Å². The van der Waals surface area contributed by atoms with Crippen molar-refractivity contribution in [1.29, 1.82) is 0 Å². The number of fused-ring (bicyclic) bond motifs is 1. The molecule has 0 radical (unpaired) electrons. The van der Waals surface area contributed by atoms with Gasteiger partial charge < -0.3 is 5.11 Å². The van der Waals surface area contributed by atoms with E-state index in [1.807, 2.05) is 11.3 Å². The smallest absolute Gasteiger partial charge is 0.110 e. The van der Waals surface area contributed by atoms with Gasteiger partial charge in [0.2, 0.25) is 0 Å². The summed E-state index contributed by atoms with van der Waals surface area (Å²) in [5.41, 5.74) is 1.40. The average Bonchev–Trinajstić information content (AvgIpc) is 2.98. The third-order valence-corrected chi connectivity index (χ3v) is 5.02. The van der Waals surface area contributed by atoms with Crippen LogP contribution in [0.25, 0.3) is 0 Å². The highest BCUT2D eigenvalue weighted by molar-refractivity contribution is 9.11. The van der Waals surface area contributed by atoms with Crippen LogP contribution in [-0.2, 0) is 13.0 Å². The summed E-state index contributed by atoms with van der Waals surface area (Å²) >= 11 is 5.36. The van der Waals surface area contributed by atoms with Crippen LogP contribution in [0.4, 0.5) is 0 Å². The summed E-state index contributed by atoms with van der Waals surface area (Å²) in [4.78, 5) is 3.71. The summed E-state index contributed by atoms with van der Waals surface area (Å²) in [5, 5.41) is 10.1. The highest BCUT2D eigenvalue weighted by Gasteiger charge is 2.35. The lowest BCUT2D eigenvalue weighted by Gasteiger charge is -2.31. The second kappa shape index (κ2) is 3.84. The molecule has 2 nitrogen and oxygen atoms in total. The number of halogens is 1. The summed E-state index contributed by atoms with van der Waals surface area (Å²) in [5.74, 6) is 0.550. The number of aliphatic hydroxyl groups excluding tert-OH is 1. The molecule has 1 atom stereocenters. The number of hydrogen-bond donors (Lipinski definition) is 1. The molecule has 0 amide bonds. The van der Waals surface area contributed by atoms with Crippen molar-refractivity contribution in [2.24, 2.45) is 5.92 Å². The Labute approximate surface area is 102 Å². The van der Waals surface area contributed by atoms with E-state index < -0.39 is 0 Å². The normalized spacial score (nSPS) is 23.9. The highest BCUT2D eigenvalue weighted by atomic mass is 79.9. The molecule has 2 aliphatic rings. The predicted octanol–water partition coefficient (Wildman–Crippen LogP) is 2.60. The van der Waals surface area contributed by atoms with Crippen molar-refractivity contribution in [2.75, 3.05) is 6.54 Å². The van der Waals surface area contributed by atoms with Crippen molar-refractivity contribution in [2.45, 2.75) is 32.0 Å². The zero-order valence-electron chi connectivity index (χ0n) is 8.45. The summed E-state index contributed by atoms with van der Waals surface area (Å²) in [6, 6.07) is 2.20. The van der Waals surface area contributed by atoms with Gasteiger partial charge in [-0.15, -0.1) is 11.3 Å². The molecule has 1 aromatic rings. The van der Waals surface area contributed by atoms with Gasteiger partial charge in [0.05, 0.1) is 3.79 Å². The van der Waals surface area contributed by atoms with Crippen molar-refractivity contribution >= 4 is 27.3 Å². The topological polar surface area (TPSA) is 23.5 Å². The number of hydrogen-bond acceptors (Lipinski definition) is 3. The van der Waals surface area contributed by atoms with Gasteiger partial charge >= 0.3 is 0 Å². The lowest BCUT2D eigenvalue weighted by atomic mass is 10.1. The summed E-state index contributed by atoms with van der Waals surface area (Å²) in [6.45, 7) is 1.94. The second-order valence-electron chi connectivity index (χ2n) is 4.47. The predicted molar refractivity (Wildman–Crippen MR) is 64.9 cm³/mol. The van der Waals surface area contributed by atoms with E-state index in [2.05, 4.69) is 26.9 Å². The number of rotatable bonds is 2. The summed E-state index contributed by atoms with van der Waals surface area (Å²) in [7, 11) is 0. The van der Waals surface area contributed by atoms with Crippen LogP contribution in [-0.4, -0.2) is 22.8 Å². The number of nitrogens with zero attached hydrogens (tertiary/aromatic N) is 1. The minimum atomic E-state index is -0.197. The van der Waals surface area contributed by atoms with Crippen LogP contribution in [0.2, 0.25) is 0 Å². The van der Waals surface area contributed by atoms with E-state index in [4.69, 9.17) is 0 Å². The number of aliphatic hydroxyl groups is 1. The molecule has 1 fully saturated rings. The van der Waals surface area contributed by atoms with Gasteiger partial charge in [-0.1, -0.05) is 0 Å². The first-order chi connectivity index (χ1) is 7.24. The minimum absolute atomic E-state index is 0.197. The van der Waals surface area contributed by atoms with Gasteiger partial charge in [-0.2, -0.15) is 0 Å². The van der Waals surface area contributed by atoms with Crippen LogP contribution in [0, 0.1) is 5.92 Å². The van der Waals surface area contributed by atoms with E-state index in [-0.39, 0.29) is 6.23 Å². The van der Waals surface area contributed by atoms with E-state index >= 15 is 0 Å². The largest absolute Gasteiger partial charge is 0.378 e. The van der Waals surface area contributed by atoms with Crippen LogP contribution in [0.5, 0.6) is 0 Å². The summed E-state index contributed by atoms with van der Waals surface area (Å²) < 4.78 is 1.22. The Hall–Kier alpha value is 0.100. The average molecular weight is 288 g/mol. The standard InChI is InChI=1S/C11H14BrNOS/c12-10-5-8-6-13(4-3-9(8)15-10)11(14)7-1-2-7/h5,7,11,14H,1-4,6H2. The van der Waals surface area contributed by atoms with Gasteiger partial charge in [-0.05, 0) is 52.7 Å². The molecule has 0 aromatic carbocycles. The Morgan fingerprint density at radius 1 is 1.53 bits per heavy atom. The Kier molecular flexibility index (Phi) is 2.63. The van der Waals surface area contributed by atoms with Gasteiger partial charge in [-0.25, -0.2) is 0 Å². The van der Waals surface area contributed by atoms with Crippen molar-refractivity contribution in [1.82, 2.24) is 4.90 Å². The van der Waals surface area contributed by atoms with Gasteiger partial charge in [0.1, 0.15) is 6.23 Å². The maximum absolute atomic E-state index is 10.1. The van der Waals surface area contributed by atoms with Crippen molar-refractivity contribution in [3.05, 3.63) is 20.3 Å². The molecule has 1 aromatic heterocycles. The molecular weight excluding hydrogens is 274 g/mol. The molecule has 1 N–H and O–H groups in total. The Morgan fingerprint density at radius 3 is 3.07 bits per heavy atom. The Morgan fingerprint density at radius 2 is 2.33 bits per heavy atom. The molecule has 4 heteroatoms. The van der Waals surface area contributed by atoms with E-state index in [1.165, 1.54) is 27.1 Å². The second-order valence-corrected chi connectivity index (χ2v) is 6.99. The van der Waals surface area contributed by atoms with E-state index in [0.717, 1.165) is 19.5 Å². The zero-order valence-corrected chi connectivity index (χ0v) is 10.9. The number of thiophene rings is 1. The third kappa shape index (κ3) is 2.00. The fraction of sp³-hybridized carbons (Fsp3) is 0.636.